The van der Waals surface area contributed by atoms with Crippen molar-refractivity contribution in [3.8, 4) is 22.6 Å². The third-order valence-electron chi connectivity index (χ3n) is 4.30. The average Bonchev–Trinajstić information content (AvgIpc) is 2.60. The van der Waals surface area contributed by atoms with Crippen LogP contribution in [0.4, 0.5) is 0 Å². The minimum Gasteiger partial charge on any atom is -0.507 e. The van der Waals surface area contributed by atoms with Crippen LogP contribution in [0.5, 0.6) is 11.5 Å². The normalized spacial score (nSPS) is 11.3. The first-order valence-electron chi connectivity index (χ1n) is 8.80. The summed E-state index contributed by atoms with van der Waals surface area (Å²) < 4.78 is 0. The Bertz CT molecular complexity index is 817. The highest BCUT2D eigenvalue weighted by Crippen LogP contribution is 2.34. The van der Waals surface area contributed by atoms with Gasteiger partial charge in [0.1, 0.15) is 17.8 Å². The topological polar surface area (TPSA) is 57.5 Å². The van der Waals surface area contributed by atoms with E-state index in [2.05, 4.69) is 26.8 Å². The zero-order valence-electron chi connectivity index (χ0n) is 15.6. The van der Waals surface area contributed by atoms with E-state index < -0.39 is 0 Å². The fourth-order valence-electron chi connectivity index (χ4n) is 2.78. The number of phenolic OH excluding ortho intramolecular Hbond substituents is 2. The van der Waals surface area contributed by atoms with Crippen molar-refractivity contribution in [2.75, 3.05) is 0 Å². The number of carbonyl (C=O) groups is 1. The molecule has 0 saturated heterocycles. The number of allylic oxidation sites excluding steroid dienone is 4. The summed E-state index contributed by atoms with van der Waals surface area (Å²) >= 11 is 0. The van der Waals surface area contributed by atoms with Crippen LogP contribution in [-0.2, 0) is 6.42 Å². The molecule has 0 aliphatic carbocycles. The molecule has 0 aromatic heterocycles. The van der Waals surface area contributed by atoms with Crippen LogP contribution in [0.2, 0.25) is 0 Å². The van der Waals surface area contributed by atoms with Crippen LogP contribution >= 0.6 is 0 Å². The number of hydrogen-bond donors (Lipinski definition) is 2. The molecule has 0 atom stereocenters. The molecule has 0 aliphatic rings. The van der Waals surface area contributed by atoms with Crippen molar-refractivity contribution >= 4 is 6.29 Å². The van der Waals surface area contributed by atoms with Gasteiger partial charge in [-0.2, -0.15) is 0 Å². The molecule has 2 aromatic rings. The van der Waals surface area contributed by atoms with E-state index in [1.54, 1.807) is 30.3 Å². The van der Waals surface area contributed by atoms with Gasteiger partial charge in [-0.15, -0.1) is 0 Å². The van der Waals surface area contributed by atoms with Crippen LogP contribution in [0.3, 0.4) is 0 Å². The first kappa shape index (κ1) is 19.5. The highest BCUT2D eigenvalue weighted by molar-refractivity contribution is 5.79. The van der Waals surface area contributed by atoms with Gasteiger partial charge in [-0.1, -0.05) is 41.5 Å². The van der Waals surface area contributed by atoms with Crippen LogP contribution in [0.25, 0.3) is 11.1 Å². The van der Waals surface area contributed by atoms with Gasteiger partial charge in [0.05, 0.1) is 0 Å². The van der Waals surface area contributed by atoms with E-state index in [1.807, 2.05) is 12.1 Å². The van der Waals surface area contributed by atoms with Gasteiger partial charge in [-0.3, -0.25) is 4.79 Å². The minimum atomic E-state index is 0.0601. The van der Waals surface area contributed by atoms with Gasteiger partial charge in [-0.05, 0) is 69.4 Å². The predicted molar refractivity (Wildman–Crippen MR) is 107 cm³/mol. The smallest absolute Gasteiger partial charge is 0.150 e. The van der Waals surface area contributed by atoms with Gasteiger partial charge >= 0.3 is 0 Å². The molecule has 26 heavy (non-hydrogen) atoms. The van der Waals surface area contributed by atoms with Crippen LogP contribution in [0, 0.1) is 0 Å². The highest BCUT2D eigenvalue weighted by Gasteiger charge is 2.10. The Morgan fingerprint density at radius 2 is 1.65 bits per heavy atom. The van der Waals surface area contributed by atoms with Gasteiger partial charge in [0.15, 0.2) is 0 Å². The molecule has 0 aliphatic heterocycles. The Morgan fingerprint density at radius 3 is 2.27 bits per heavy atom. The first-order valence-corrected chi connectivity index (χ1v) is 8.80. The van der Waals surface area contributed by atoms with Crippen molar-refractivity contribution in [1.82, 2.24) is 0 Å². The first-order chi connectivity index (χ1) is 12.4. The summed E-state index contributed by atoms with van der Waals surface area (Å²) in [5.41, 5.74) is 5.06. The third-order valence-corrected chi connectivity index (χ3v) is 4.30. The van der Waals surface area contributed by atoms with E-state index in [9.17, 15) is 15.0 Å². The minimum absolute atomic E-state index is 0.0601. The number of hydrogen-bond acceptors (Lipinski definition) is 3. The SMILES string of the molecule is CC(C)=CCC/C(C)=C/Cc1c(O)cc(-c2cccc(C=O)c2)cc1O. The lowest BCUT2D eigenvalue weighted by Gasteiger charge is -2.10. The fraction of sp³-hybridized carbons (Fsp3) is 0.261. The second-order valence-corrected chi connectivity index (χ2v) is 6.81. The molecule has 2 aromatic carbocycles. The van der Waals surface area contributed by atoms with Crippen molar-refractivity contribution in [2.45, 2.75) is 40.0 Å². The Balaban J connectivity index is 2.18. The summed E-state index contributed by atoms with van der Waals surface area (Å²) in [7, 11) is 0. The van der Waals surface area contributed by atoms with Gasteiger partial charge in [0, 0.05) is 11.1 Å². The van der Waals surface area contributed by atoms with E-state index >= 15 is 0 Å². The lowest BCUT2D eigenvalue weighted by atomic mass is 9.98. The lowest BCUT2D eigenvalue weighted by molar-refractivity contribution is 0.112. The van der Waals surface area contributed by atoms with Crippen molar-refractivity contribution < 1.29 is 15.0 Å². The van der Waals surface area contributed by atoms with E-state index in [1.165, 1.54) is 11.1 Å². The van der Waals surface area contributed by atoms with Crippen molar-refractivity contribution in [3.63, 3.8) is 0 Å². The molecule has 3 nitrogen and oxygen atoms in total. The molecule has 3 heteroatoms. The summed E-state index contributed by atoms with van der Waals surface area (Å²) in [5.74, 6) is 0.120. The van der Waals surface area contributed by atoms with Crippen LogP contribution in [-0.4, -0.2) is 16.5 Å². The molecular formula is C23H26O3. The Hall–Kier alpha value is -2.81. The van der Waals surface area contributed by atoms with Crippen LogP contribution in [0.1, 0.15) is 49.5 Å². The van der Waals surface area contributed by atoms with Crippen molar-refractivity contribution in [2.24, 2.45) is 0 Å². The van der Waals surface area contributed by atoms with E-state index in [0.29, 0.717) is 23.1 Å². The Labute approximate surface area is 155 Å². The van der Waals surface area contributed by atoms with E-state index in [0.717, 1.165) is 24.7 Å². The molecule has 0 radical (unpaired) electrons. The Morgan fingerprint density at radius 1 is 0.962 bits per heavy atom. The summed E-state index contributed by atoms with van der Waals surface area (Å²) in [6.07, 6.45) is 7.46. The number of rotatable bonds is 7. The number of aldehydes is 1. The van der Waals surface area contributed by atoms with Gasteiger partial charge in [0.25, 0.3) is 0 Å². The van der Waals surface area contributed by atoms with Crippen molar-refractivity contribution in [1.29, 1.82) is 0 Å². The monoisotopic (exact) mass is 350 g/mol. The maximum absolute atomic E-state index is 10.9. The molecule has 0 bridgehead atoms. The quantitative estimate of drug-likeness (QED) is 0.489. The zero-order valence-corrected chi connectivity index (χ0v) is 15.6. The second-order valence-electron chi connectivity index (χ2n) is 6.81. The lowest BCUT2D eigenvalue weighted by Crippen LogP contribution is -1.89. The zero-order chi connectivity index (χ0) is 19.1. The summed E-state index contributed by atoms with van der Waals surface area (Å²) in [6.45, 7) is 6.23. The Kier molecular flexibility index (Phi) is 6.79. The molecule has 0 amide bonds. The number of carbonyl (C=O) groups excluding carboxylic acids is 1. The van der Waals surface area contributed by atoms with E-state index in [4.69, 9.17) is 0 Å². The summed E-state index contributed by atoms with van der Waals surface area (Å²) in [4.78, 5) is 10.9. The molecule has 0 saturated carbocycles. The third kappa shape index (κ3) is 5.35. The second kappa shape index (κ2) is 9.04. The molecule has 136 valence electrons. The maximum atomic E-state index is 10.9. The number of phenols is 2. The standard InChI is InChI=1S/C23H26O3/c1-16(2)6-4-7-17(3)10-11-21-22(25)13-20(14-23(21)26)19-9-5-8-18(12-19)15-24/h5-6,8-10,12-15,25-26H,4,7,11H2,1-3H3/b17-10+. The largest absolute Gasteiger partial charge is 0.507 e. The molecule has 2 N–H and O–H groups in total. The highest BCUT2D eigenvalue weighted by atomic mass is 16.3. The van der Waals surface area contributed by atoms with Crippen LogP contribution in [0.15, 0.2) is 59.7 Å². The molecular weight excluding hydrogens is 324 g/mol. The summed E-state index contributed by atoms with van der Waals surface area (Å²) in [6, 6.07) is 10.3. The van der Waals surface area contributed by atoms with Crippen molar-refractivity contribution in [3.05, 3.63) is 70.8 Å². The molecule has 0 unspecified atom stereocenters. The molecule has 0 fully saturated rings. The van der Waals surface area contributed by atoms with E-state index in [-0.39, 0.29) is 11.5 Å². The van der Waals surface area contributed by atoms with Gasteiger partial charge < -0.3 is 10.2 Å². The molecule has 2 rings (SSSR count). The van der Waals surface area contributed by atoms with Crippen LogP contribution < -0.4 is 0 Å². The number of benzene rings is 2. The maximum Gasteiger partial charge on any atom is 0.150 e. The molecule has 0 heterocycles. The predicted octanol–water partition coefficient (Wildman–Crippen LogP) is 5.81. The molecule has 0 spiro atoms. The number of aromatic hydroxyl groups is 2. The average molecular weight is 350 g/mol. The van der Waals surface area contributed by atoms with Gasteiger partial charge in [0.2, 0.25) is 0 Å². The summed E-state index contributed by atoms with van der Waals surface area (Å²) in [5, 5.41) is 20.7. The fourth-order valence-corrected chi connectivity index (χ4v) is 2.78. The van der Waals surface area contributed by atoms with Gasteiger partial charge in [-0.25, -0.2) is 0 Å².